The lowest BCUT2D eigenvalue weighted by Gasteiger charge is -2.33. The summed E-state index contributed by atoms with van der Waals surface area (Å²) in [5.41, 5.74) is 0.491. The minimum atomic E-state index is -3.48. The van der Waals surface area contributed by atoms with Gasteiger partial charge in [-0.2, -0.15) is 4.31 Å². The van der Waals surface area contributed by atoms with Crippen LogP contribution in [0.4, 0.5) is 0 Å². The van der Waals surface area contributed by atoms with Crippen molar-refractivity contribution in [1.29, 1.82) is 0 Å². The molecule has 2 heterocycles. The molecule has 146 valence electrons. The molecule has 2 aromatic rings. The van der Waals surface area contributed by atoms with Crippen molar-refractivity contribution in [3.63, 3.8) is 0 Å². The van der Waals surface area contributed by atoms with Crippen molar-refractivity contribution in [2.75, 3.05) is 39.9 Å². The highest BCUT2D eigenvalue weighted by Gasteiger charge is 2.31. The lowest BCUT2D eigenvalue weighted by Crippen LogP contribution is -2.50. The van der Waals surface area contributed by atoms with E-state index < -0.39 is 10.0 Å². The number of carbonyl (C=O) groups excluding carboxylic acids is 1. The third kappa shape index (κ3) is 4.10. The lowest BCUT2D eigenvalue weighted by atomic mass is 10.1. The molecule has 27 heavy (non-hydrogen) atoms. The normalized spacial score (nSPS) is 15.6. The van der Waals surface area contributed by atoms with Gasteiger partial charge in [-0.05, 0) is 36.6 Å². The highest BCUT2D eigenvalue weighted by atomic mass is 32.2. The summed E-state index contributed by atoms with van der Waals surface area (Å²) in [4.78, 5) is 14.4. The maximum absolute atomic E-state index is 12.8. The van der Waals surface area contributed by atoms with E-state index in [1.807, 2.05) is 6.92 Å². The maximum Gasteiger partial charge on any atom is 0.254 e. The number of hydrogen-bond donors (Lipinski definition) is 0. The molecular formula is C18H22N2O5S2. The number of methoxy groups -OCH3 is 1. The van der Waals surface area contributed by atoms with E-state index in [0.29, 0.717) is 41.0 Å². The first-order valence-corrected chi connectivity index (χ1v) is 10.9. The molecule has 1 aliphatic rings. The monoisotopic (exact) mass is 410 g/mol. The van der Waals surface area contributed by atoms with Gasteiger partial charge in [-0.1, -0.05) is 6.07 Å². The summed E-state index contributed by atoms with van der Waals surface area (Å²) in [6.07, 6.45) is 0. The Bertz CT molecular complexity index is 888. The average Bonchev–Trinajstić information content (AvgIpc) is 3.24. The van der Waals surface area contributed by atoms with Crippen molar-refractivity contribution < 1.29 is 22.7 Å². The predicted molar refractivity (Wildman–Crippen MR) is 103 cm³/mol. The highest BCUT2D eigenvalue weighted by Crippen LogP contribution is 2.29. The standard InChI is InChI=1S/C18H22N2O5S2/c1-3-25-15-7-6-14(13-16(15)24-2)18(21)19-8-10-20(11-9-19)27(22,23)17-5-4-12-26-17/h4-7,12-13H,3,8-11H2,1-2H3. The summed E-state index contributed by atoms with van der Waals surface area (Å²) in [6, 6.07) is 8.39. The number of benzene rings is 1. The Morgan fingerprint density at radius 2 is 1.89 bits per heavy atom. The van der Waals surface area contributed by atoms with Crippen molar-refractivity contribution in [3.8, 4) is 11.5 Å². The lowest BCUT2D eigenvalue weighted by molar-refractivity contribution is 0.0697. The first kappa shape index (κ1) is 19.7. The summed E-state index contributed by atoms with van der Waals surface area (Å²) in [6.45, 7) is 3.63. The van der Waals surface area contributed by atoms with Crippen LogP contribution in [0.25, 0.3) is 0 Å². The number of nitrogens with zero attached hydrogens (tertiary/aromatic N) is 2. The fourth-order valence-corrected chi connectivity index (χ4v) is 5.49. The van der Waals surface area contributed by atoms with Gasteiger partial charge < -0.3 is 14.4 Å². The van der Waals surface area contributed by atoms with Crippen molar-refractivity contribution in [3.05, 3.63) is 41.3 Å². The van der Waals surface area contributed by atoms with Gasteiger partial charge in [0.25, 0.3) is 15.9 Å². The molecular weight excluding hydrogens is 388 g/mol. The summed E-state index contributed by atoms with van der Waals surface area (Å²) in [7, 11) is -1.95. The van der Waals surface area contributed by atoms with Crippen LogP contribution in [0.5, 0.6) is 11.5 Å². The molecule has 1 aromatic heterocycles. The van der Waals surface area contributed by atoms with Gasteiger partial charge in [0.1, 0.15) is 4.21 Å². The Balaban J connectivity index is 1.68. The Morgan fingerprint density at radius 3 is 2.48 bits per heavy atom. The fourth-order valence-electron chi connectivity index (χ4n) is 2.93. The van der Waals surface area contributed by atoms with Gasteiger partial charge >= 0.3 is 0 Å². The van der Waals surface area contributed by atoms with Gasteiger partial charge in [-0.25, -0.2) is 8.42 Å². The Labute approximate surface area is 163 Å². The quantitative estimate of drug-likeness (QED) is 0.730. The van der Waals surface area contributed by atoms with E-state index >= 15 is 0 Å². The SMILES string of the molecule is CCOc1ccc(C(=O)N2CCN(S(=O)(=O)c3cccs3)CC2)cc1OC. The van der Waals surface area contributed by atoms with Crippen LogP contribution in [0, 0.1) is 0 Å². The van der Waals surface area contributed by atoms with Crippen LogP contribution in [-0.2, 0) is 10.0 Å². The van der Waals surface area contributed by atoms with E-state index in [9.17, 15) is 13.2 Å². The van der Waals surface area contributed by atoms with Gasteiger partial charge in [0.05, 0.1) is 13.7 Å². The zero-order valence-corrected chi connectivity index (χ0v) is 16.9. The molecule has 0 bridgehead atoms. The van der Waals surface area contributed by atoms with Gasteiger partial charge in [-0.15, -0.1) is 11.3 Å². The number of thiophene rings is 1. The van der Waals surface area contributed by atoms with Crippen molar-refractivity contribution in [1.82, 2.24) is 9.21 Å². The zero-order valence-electron chi connectivity index (χ0n) is 15.3. The second-order valence-corrected chi connectivity index (χ2v) is 9.04. The minimum Gasteiger partial charge on any atom is -0.493 e. The van der Waals surface area contributed by atoms with Crippen LogP contribution >= 0.6 is 11.3 Å². The maximum atomic E-state index is 12.8. The van der Waals surface area contributed by atoms with E-state index in [2.05, 4.69) is 0 Å². The second kappa shape index (κ2) is 8.28. The van der Waals surface area contributed by atoms with E-state index in [1.54, 1.807) is 40.6 Å². The molecule has 0 saturated carbocycles. The number of carbonyl (C=O) groups is 1. The third-order valence-corrected chi connectivity index (χ3v) is 7.60. The minimum absolute atomic E-state index is 0.149. The Hall–Kier alpha value is -2.10. The molecule has 9 heteroatoms. The first-order valence-electron chi connectivity index (χ1n) is 8.61. The molecule has 0 atom stereocenters. The number of sulfonamides is 1. The zero-order chi connectivity index (χ0) is 19.4. The fraction of sp³-hybridized carbons (Fsp3) is 0.389. The molecule has 1 fully saturated rings. The summed E-state index contributed by atoms with van der Waals surface area (Å²) >= 11 is 1.20. The summed E-state index contributed by atoms with van der Waals surface area (Å²) < 4.78 is 37.7. The van der Waals surface area contributed by atoms with Crippen LogP contribution < -0.4 is 9.47 Å². The van der Waals surface area contributed by atoms with Crippen LogP contribution in [0.2, 0.25) is 0 Å². The van der Waals surface area contributed by atoms with E-state index in [1.165, 1.54) is 22.8 Å². The van der Waals surface area contributed by atoms with E-state index in [-0.39, 0.29) is 19.0 Å². The van der Waals surface area contributed by atoms with Crippen molar-refractivity contribution >= 4 is 27.3 Å². The molecule has 0 aliphatic carbocycles. The third-order valence-electron chi connectivity index (χ3n) is 4.33. The largest absolute Gasteiger partial charge is 0.493 e. The number of amides is 1. The van der Waals surface area contributed by atoms with Crippen molar-refractivity contribution in [2.24, 2.45) is 0 Å². The molecule has 0 N–H and O–H groups in total. The molecule has 1 aliphatic heterocycles. The molecule has 0 radical (unpaired) electrons. The molecule has 1 aromatic carbocycles. The Morgan fingerprint density at radius 1 is 1.15 bits per heavy atom. The van der Waals surface area contributed by atoms with Crippen LogP contribution in [-0.4, -0.2) is 63.4 Å². The van der Waals surface area contributed by atoms with Crippen LogP contribution in [0.1, 0.15) is 17.3 Å². The molecule has 7 nitrogen and oxygen atoms in total. The summed E-state index contributed by atoms with van der Waals surface area (Å²) in [5.74, 6) is 0.939. The molecule has 0 unspecified atom stereocenters. The number of ether oxygens (including phenoxy) is 2. The Kier molecular flexibility index (Phi) is 6.03. The molecule has 0 spiro atoms. The van der Waals surface area contributed by atoms with Crippen molar-refractivity contribution in [2.45, 2.75) is 11.1 Å². The highest BCUT2D eigenvalue weighted by molar-refractivity contribution is 7.91. The van der Waals surface area contributed by atoms with E-state index in [4.69, 9.17) is 9.47 Å². The average molecular weight is 411 g/mol. The molecule has 1 amide bonds. The predicted octanol–water partition coefficient (Wildman–Crippen LogP) is 2.30. The summed E-state index contributed by atoms with van der Waals surface area (Å²) in [5, 5.41) is 1.74. The number of piperazine rings is 1. The van der Waals surface area contributed by atoms with Gasteiger partial charge in [0, 0.05) is 31.7 Å². The second-order valence-electron chi connectivity index (χ2n) is 5.93. The number of hydrogen-bond acceptors (Lipinski definition) is 6. The van der Waals surface area contributed by atoms with Gasteiger partial charge in [-0.3, -0.25) is 4.79 Å². The first-order chi connectivity index (χ1) is 13.0. The smallest absolute Gasteiger partial charge is 0.254 e. The topological polar surface area (TPSA) is 76.2 Å². The van der Waals surface area contributed by atoms with Crippen LogP contribution in [0.15, 0.2) is 39.9 Å². The van der Waals surface area contributed by atoms with E-state index in [0.717, 1.165) is 0 Å². The molecule has 1 saturated heterocycles. The number of rotatable bonds is 6. The van der Waals surface area contributed by atoms with Crippen LogP contribution in [0.3, 0.4) is 0 Å². The van der Waals surface area contributed by atoms with Gasteiger partial charge in [0.15, 0.2) is 11.5 Å². The van der Waals surface area contributed by atoms with Gasteiger partial charge in [0.2, 0.25) is 0 Å². The molecule has 3 rings (SSSR count).